The Morgan fingerprint density at radius 1 is 0.441 bits per heavy atom. The van der Waals surface area contributed by atoms with Gasteiger partial charge in [-0.2, -0.15) is 0 Å². The van der Waals surface area contributed by atoms with Gasteiger partial charge in [-0.15, -0.1) is 0 Å². The van der Waals surface area contributed by atoms with Crippen molar-refractivity contribution in [2.24, 2.45) is 0 Å². The standard InChI is InChI=1S/C31H64O3/c1-3-5-7-9-11-13-15-17-19-21-23-25-27-33-30-31(29-32)34-28-26-24-22-20-18-16-14-12-10-8-6-4-2/h31-32H,3-30H2,1-2H3/t31-/m0/s1. The first-order valence-corrected chi connectivity index (χ1v) is 15.6. The fourth-order valence-corrected chi connectivity index (χ4v) is 4.61. The summed E-state index contributed by atoms with van der Waals surface area (Å²) in [6.45, 7) is 6.72. The number of unbranched alkanes of at least 4 members (excludes halogenated alkanes) is 22. The number of aliphatic hydroxyl groups is 1. The zero-order valence-corrected chi connectivity index (χ0v) is 23.6. The Hall–Kier alpha value is -0.120. The van der Waals surface area contributed by atoms with E-state index >= 15 is 0 Å². The molecule has 1 N–H and O–H groups in total. The zero-order valence-electron chi connectivity index (χ0n) is 23.6. The third-order valence-corrected chi connectivity index (χ3v) is 7.00. The van der Waals surface area contributed by atoms with Crippen LogP contribution >= 0.6 is 0 Å². The van der Waals surface area contributed by atoms with Crippen molar-refractivity contribution >= 4 is 0 Å². The number of hydrogen-bond donors (Lipinski definition) is 1. The summed E-state index contributed by atoms with van der Waals surface area (Å²) in [4.78, 5) is 0. The molecule has 0 saturated heterocycles. The van der Waals surface area contributed by atoms with E-state index in [-0.39, 0.29) is 12.7 Å². The molecular formula is C31H64O3. The van der Waals surface area contributed by atoms with E-state index in [0.29, 0.717) is 6.61 Å². The summed E-state index contributed by atoms with van der Waals surface area (Å²) in [5.41, 5.74) is 0. The first-order chi connectivity index (χ1) is 16.8. The van der Waals surface area contributed by atoms with Crippen molar-refractivity contribution in [2.45, 2.75) is 174 Å². The molecule has 0 spiro atoms. The lowest BCUT2D eigenvalue weighted by Gasteiger charge is -2.15. The van der Waals surface area contributed by atoms with E-state index in [0.717, 1.165) is 26.1 Å². The van der Waals surface area contributed by atoms with Gasteiger partial charge < -0.3 is 14.6 Å². The van der Waals surface area contributed by atoms with Crippen LogP contribution in [0.15, 0.2) is 0 Å². The van der Waals surface area contributed by atoms with Crippen LogP contribution in [0.3, 0.4) is 0 Å². The van der Waals surface area contributed by atoms with E-state index < -0.39 is 0 Å². The second kappa shape index (κ2) is 30.9. The average Bonchev–Trinajstić information content (AvgIpc) is 2.85. The highest BCUT2D eigenvalue weighted by molar-refractivity contribution is 4.55. The molecule has 0 rings (SSSR count). The van der Waals surface area contributed by atoms with Gasteiger partial charge in [0.05, 0.1) is 13.2 Å². The van der Waals surface area contributed by atoms with E-state index in [2.05, 4.69) is 13.8 Å². The molecular weight excluding hydrogens is 420 g/mol. The number of ether oxygens (including phenoxy) is 2. The molecule has 0 bridgehead atoms. The fraction of sp³-hybridized carbons (Fsp3) is 1.00. The largest absolute Gasteiger partial charge is 0.394 e. The van der Waals surface area contributed by atoms with Crippen LogP contribution < -0.4 is 0 Å². The van der Waals surface area contributed by atoms with Gasteiger partial charge in [-0.3, -0.25) is 0 Å². The molecule has 0 heterocycles. The quantitative estimate of drug-likeness (QED) is 0.103. The highest BCUT2D eigenvalue weighted by atomic mass is 16.5. The van der Waals surface area contributed by atoms with E-state index in [9.17, 15) is 5.11 Å². The Morgan fingerprint density at radius 2 is 0.765 bits per heavy atom. The van der Waals surface area contributed by atoms with Crippen LogP contribution in [0, 0.1) is 0 Å². The van der Waals surface area contributed by atoms with Crippen molar-refractivity contribution in [3.63, 3.8) is 0 Å². The lowest BCUT2D eigenvalue weighted by Crippen LogP contribution is -2.24. The van der Waals surface area contributed by atoms with Crippen molar-refractivity contribution in [3.05, 3.63) is 0 Å². The molecule has 1 atom stereocenters. The first-order valence-electron chi connectivity index (χ1n) is 15.6. The molecule has 0 aliphatic carbocycles. The molecule has 0 aromatic rings. The van der Waals surface area contributed by atoms with Gasteiger partial charge >= 0.3 is 0 Å². The van der Waals surface area contributed by atoms with E-state index in [4.69, 9.17) is 9.47 Å². The summed E-state index contributed by atoms with van der Waals surface area (Å²) in [5.74, 6) is 0. The third kappa shape index (κ3) is 28.1. The minimum absolute atomic E-state index is 0.0662. The Bertz CT molecular complexity index is 348. The zero-order chi connectivity index (χ0) is 24.8. The molecule has 206 valence electrons. The summed E-state index contributed by atoms with van der Waals surface area (Å²) < 4.78 is 11.6. The van der Waals surface area contributed by atoms with Crippen molar-refractivity contribution in [3.8, 4) is 0 Å². The maximum atomic E-state index is 9.52. The Balaban J connectivity index is 3.26. The number of rotatable bonds is 30. The van der Waals surface area contributed by atoms with Crippen molar-refractivity contribution in [2.75, 3.05) is 26.4 Å². The first kappa shape index (κ1) is 33.9. The van der Waals surface area contributed by atoms with Crippen LogP contribution in [-0.2, 0) is 9.47 Å². The summed E-state index contributed by atoms with van der Waals surface area (Å²) in [6.07, 6.45) is 32.5. The van der Waals surface area contributed by atoms with Crippen LogP contribution in [0.2, 0.25) is 0 Å². The summed E-state index contributed by atoms with van der Waals surface area (Å²) in [7, 11) is 0. The molecule has 0 aliphatic heterocycles. The van der Waals surface area contributed by atoms with Crippen LogP contribution in [0.25, 0.3) is 0 Å². The highest BCUT2D eigenvalue weighted by Crippen LogP contribution is 2.13. The van der Waals surface area contributed by atoms with Gasteiger partial charge in [0.15, 0.2) is 0 Å². The number of aliphatic hydroxyl groups excluding tert-OH is 1. The topological polar surface area (TPSA) is 38.7 Å². The van der Waals surface area contributed by atoms with Crippen LogP contribution in [-0.4, -0.2) is 37.6 Å². The maximum absolute atomic E-state index is 9.52. The van der Waals surface area contributed by atoms with Gasteiger partial charge in [0.25, 0.3) is 0 Å². The Kier molecular flexibility index (Phi) is 30.8. The SMILES string of the molecule is CCCCCCCCCCCCCCOC[C@H](CO)OCCCCCCCCCCCCCC. The Morgan fingerprint density at radius 3 is 1.12 bits per heavy atom. The number of hydrogen-bond acceptors (Lipinski definition) is 3. The smallest absolute Gasteiger partial charge is 0.104 e. The monoisotopic (exact) mass is 484 g/mol. The molecule has 3 heteroatoms. The lowest BCUT2D eigenvalue weighted by molar-refractivity contribution is -0.0437. The normalized spacial score (nSPS) is 12.4. The van der Waals surface area contributed by atoms with E-state index in [1.807, 2.05) is 0 Å². The van der Waals surface area contributed by atoms with E-state index in [1.54, 1.807) is 0 Å². The second-order valence-electron chi connectivity index (χ2n) is 10.5. The molecule has 0 aromatic heterocycles. The molecule has 3 nitrogen and oxygen atoms in total. The highest BCUT2D eigenvalue weighted by Gasteiger charge is 2.07. The molecule has 0 radical (unpaired) electrons. The molecule has 0 unspecified atom stereocenters. The fourth-order valence-electron chi connectivity index (χ4n) is 4.61. The van der Waals surface area contributed by atoms with Crippen LogP contribution in [0.1, 0.15) is 168 Å². The minimum Gasteiger partial charge on any atom is -0.394 e. The molecule has 0 aromatic carbocycles. The predicted octanol–water partition coefficient (Wildman–Crippen LogP) is 9.78. The van der Waals surface area contributed by atoms with Gasteiger partial charge in [-0.1, -0.05) is 155 Å². The maximum Gasteiger partial charge on any atom is 0.104 e. The lowest BCUT2D eigenvalue weighted by atomic mass is 10.1. The van der Waals surface area contributed by atoms with Gasteiger partial charge in [-0.25, -0.2) is 0 Å². The van der Waals surface area contributed by atoms with Gasteiger partial charge in [-0.05, 0) is 12.8 Å². The summed E-state index contributed by atoms with van der Waals surface area (Å²) >= 11 is 0. The molecule has 34 heavy (non-hydrogen) atoms. The van der Waals surface area contributed by atoms with Crippen molar-refractivity contribution in [1.29, 1.82) is 0 Å². The molecule has 0 amide bonds. The van der Waals surface area contributed by atoms with Gasteiger partial charge in [0, 0.05) is 13.2 Å². The van der Waals surface area contributed by atoms with Crippen molar-refractivity contribution in [1.82, 2.24) is 0 Å². The van der Waals surface area contributed by atoms with Gasteiger partial charge in [0.1, 0.15) is 6.10 Å². The summed E-state index contributed by atoms with van der Waals surface area (Å²) in [5, 5.41) is 9.52. The van der Waals surface area contributed by atoms with Crippen LogP contribution in [0.5, 0.6) is 0 Å². The molecule has 0 aliphatic rings. The van der Waals surface area contributed by atoms with E-state index in [1.165, 1.54) is 141 Å². The minimum atomic E-state index is -0.148. The predicted molar refractivity (Wildman–Crippen MR) is 150 cm³/mol. The molecule has 0 fully saturated rings. The van der Waals surface area contributed by atoms with Crippen molar-refractivity contribution < 1.29 is 14.6 Å². The third-order valence-electron chi connectivity index (χ3n) is 7.00. The molecule has 0 saturated carbocycles. The Labute approximate surface area is 215 Å². The van der Waals surface area contributed by atoms with Crippen LogP contribution in [0.4, 0.5) is 0 Å². The van der Waals surface area contributed by atoms with Gasteiger partial charge in [0.2, 0.25) is 0 Å². The second-order valence-corrected chi connectivity index (χ2v) is 10.5. The average molecular weight is 485 g/mol. The summed E-state index contributed by atoms with van der Waals surface area (Å²) in [6, 6.07) is 0.